The van der Waals surface area contributed by atoms with E-state index < -0.39 is 0 Å². The SMILES string of the molecule is O=C(c1ccccc1)C1CCN(Cn2nc(-c3ccccc3)oc2=S)CC1. The molecule has 5 nitrogen and oxygen atoms in total. The molecule has 27 heavy (non-hydrogen) atoms. The first kappa shape index (κ1) is 17.8. The van der Waals surface area contributed by atoms with E-state index in [-0.39, 0.29) is 11.7 Å². The maximum atomic E-state index is 12.6. The van der Waals surface area contributed by atoms with Crippen LogP contribution in [0.5, 0.6) is 0 Å². The van der Waals surface area contributed by atoms with Crippen LogP contribution >= 0.6 is 12.2 Å². The van der Waals surface area contributed by atoms with Crippen molar-refractivity contribution in [3.05, 3.63) is 71.1 Å². The van der Waals surface area contributed by atoms with Crippen LogP contribution in [-0.4, -0.2) is 33.6 Å². The van der Waals surface area contributed by atoms with Gasteiger partial charge in [-0.05, 0) is 37.2 Å². The van der Waals surface area contributed by atoms with Crippen LogP contribution in [0.2, 0.25) is 0 Å². The van der Waals surface area contributed by atoms with Crippen LogP contribution in [0.25, 0.3) is 11.5 Å². The highest BCUT2D eigenvalue weighted by molar-refractivity contribution is 7.71. The van der Waals surface area contributed by atoms with Gasteiger partial charge in [0, 0.05) is 30.1 Å². The number of likely N-dealkylation sites (tertiary alicyclic amines) is 1. The first-order valence-corrected chi connectivity index (χ1v) is 9.56. The molecule has 4 rings (SSSR count). The molecular weight excluding hydrogens is 358 g/mol. The monoisotopic (exact) mass is 379 g/mol. The number of rotatable bonds is 5. The first-order valence-electron chi connectivity index (χ1n) is 9.16. The van der Waals surface area contributed by atoms with Crippen molar-refractivity contribution in [2.24, 2.45) is 5.92 Å². The molecule has 1 saturated heterocycles. The van der Waals surface area contributed by atoms with Crippen LogP contribution < -0.4 is 0 Å². The van der Waals surface area contributed by atoms with E-state index in [1.54, 1.807) is 4.68 Å². The third-order valence-electron chi connectivity index (χ3n) is 4.98. The Labute approximate surface area is 163 Å². The van der Waals surface area contributed by atoms with Crippen LogP contribution in [0, 0.1) is 10.8 Å². The van der Waals surface area contributed by atoms with Crippen molar-refractivity contribution in [3.63, 3.8) is 0 Å². The Morgan fingerprint density at radius 2 is 1.67 bits per heavy atom. The molecule has 6 heteroatoms. The Hall–Kier alpha value is -2.57. The molecule has 0 radical (unpaired) electrons. The van der Waals surface area contributed by atoms with Gasteiger partial charge in [-0.1, -0.05) is 48.5 Å². The molecule has 138 valence electrons. The number of carbonyl (C=O) groups excluding carboxylic acids is 1. The lowest BCUT2D eigenvalue weighted by Gasteiger charge is -2.30. The highest BCUT2D eigenvalue weighted by Crippen LogP contribution is 2.23. The topological polar surface area (TPSA) is 51.3 Å². The van der Waals surface area contributed by atoms with Crippen molar-refractivity contribution in [2.45, 2.75) is 19.5 Å². The number of ketones is 1. The third kappa shape index (κ3) is 4.07. The zero-order valence-corrected chi connectivity index (χ0v) is 15.8. The fraction of sp³-hybridized carbons (Fsp3) is 0.286. The number of Topliss-reactive ketones (excluding diaryl/α,β-unsaturated/α-hetero) is 1. The minimum absolute atomic E-state index is 0.0915. The average molecular weight is 379 g/mol. The van der Waals surface area contributed by atoms with E-state index in [9.17, 15) is 4.79 Å². The number of piperidine rings is 1. The summed E-state index contributed by atoms with van der Waals surface area (Å²) in [6, 6.07) is 19.3. The molecule has 0 bridgehead atoms. The summed E-state index contributed by atoms with van der Waals surface area (Å²) in [4.78, 5) is 15.2. The molecule has 1 aliphatic heterocycles. The van der Waals surface area contributed by atoms with Gasteiger partial charge in [-0.2, -0.15) is 0 Å². The van der Waals surface area contributed by atoms with Gasteiger partial charge >= 0.3 is 0 Å². The molecular formula is C21H21N3O2S. The Morgan fingerprint density at radius 1 is 1.04 bits per heavy atom. The van der Waals surface area contributed by atoms with Gasteiger partial charge in [-0.15, -0.1) is 5.10 Å². The van der Waals surface area contributed by atoms with Gasteiger partial charge in [0.15, 0.2) is 5.78 Å². The summed E-state index contributed by atoms with van der Waals surface area (Å²) >= 11 is 5.32. The standard InChI is InChI=1S/C21H21N3O2S/c25-19(16-7-3-1-4-8-16)17-11-13-23(14-12-17)15-24-21(27)26-20(22-24)18-9-5-2-6-10-18/h1-10,17H,11-15H2. The van der Waals surface area contributed by atoms with Crippen molar-refractivity contribution in [1.29, 1.82) is 0 Å². The lowest BCUT2D eigenvalue weighted by Crippen LogP contribution is -2.37. The predicted octanol–water partition coefficient (Wildman–Crippen LogP) is 4.42. The van der Waals surface area contributed by atoms with Crippen molar-refractivity contribution >= 4 is 18.0 Å². The summed E-state index contributed by atoms with van der Waals surface area (Å²) in [6.45, 7) is 2.28. The highest BCUT2D eigenvalue weighted by Gasteiger charge is 2.26. The van der Waals surface area contributed by atoms with Gasteiger partial charge in [0.05, 0.1) is 6.67 Å². The Morgan fingerprint density at radius 3 is 2.33 bits per heavy atom. The van der Waals surface area contributed by atoms with E-state index in [1.807, 2.05) is 60.7 Å². The summed E-state index contributed by atoms with van der Waals surface area (Å²) < 4.78 is 7.36. The van der Waals surface area contributed by atoms with E-state index in [4.69, 9.17) is 16.6 Å². The van der Waals surface area contributed by atoms with E-state index >= 15 is 0 Å². The van der Waals surface area contributed by atoms with Crippen LogP contribution in [-0.2, 0) is 6.67 Å². The molecule has 0 amide bonds. The van der Waals surface area contributed by atoms with Crippen molar-refractivity contribution in [1.82, 2.24) is 14.7 Å². The zero-order chi connectivity index (χ0) is 18.6. The van der Waals surface area contributed by atoms with E-state index in [1.165, 1.54) is 0 Å². The quantitative estimate of drug-likeness (QED) is 0.485. The van der Waals surface area contributed by atoms with Gasteiger partial charge in [-0.3, -0.25) is 9.69 Å². The summed E-state index contributed by atoms with van der Waals surface area (Å²) in [5.41, 5.74) is 1.72. The molecule has 0 unspecified atom stereocenters. The average Bonchev–Trinajstić information content (AvgIpc) is 3.10. The van der Waals surface area contributed by atoms with Crippen LogP contribution in [0.15, 0.2) is 65.1 Å². The smallest absolute Gasteiger partial charge is 0.288 e. The number of carbonyl (C=O) groups is 1. The van der Waals surface area contributed by atoms with Gasteiger partial charge in [-0.25, -0.2) is 4.68 Å². The Balaban J connectivity index is 1.38. The second-order valence-corrected chi connectivity index (χ2v) is 7.15. The molecule has 1 aliphatic rings. The summed E-state index contributed by atoms with van der Waals surface area (Å²) in [6.07, 6.45) is 1.70. The summed E-state index contributed by atoms with van der Waals surface area (Å²) in [5, 5.41) is 4.51. The fourth-order valence-corrected chi connectivity index (χ4v) is 3.63. The van der Waals surface area contributed by atoms with E-state index in [0.717, 1.165) is 37.1 Å². The first-order chi connectivity index (χ1) is 13.2. The van der Waals surface area contributed by atoms with E-state index in [2.05, 4.69) is 10.00 Å². The van der Waals surface area contributed by atoms with Gasteiger partial charge in [0.2, 0.25) is 5.89 Å². The van der Waals surface area contributed by atoms with Crippen molar-refractivity contribution in [3.8, 4) is 11.5 Å². The molecule has 0 aliphatic carbocycles. The summed E-state index contributed by atoms with van der Waals surface area (Å²) in [5.74, 6) is 0.878. The minimum Gasteiger partial charge on any atom is -0.409 e. The van der Waals surface area contributed by atoms with Gasteiger partial charge in [0.1, 0.15) is 0 Å². The van der Waals surface area contributed by atoms with Crippen molar-refractivity contribution in [2.75, 3.05) is 13.1 Å². The molecule has 1 aromatic heterocycles. The summed E-state index contributed by atoms with van der Waals surface area (Å²) in [7, 11) is 0. The molecule has 0 N–H and O–H groups in total. The second-order valence-electron chi connectivity index (χ2n) is 6.80. The maximum Gasteiger partial charge on any atom is 0.288 e. The minimum atomic E-state index is 0.0915. The van der Waals surface area contributed by atoms with Crippen LogP contribution in [0.1, 0.15) is 23.2 Å². The predicted molar refractivity (Wildman–Crippen MR) is 106 cm³/mol. The van der Waals surface area contributed by atoms with E-state index in [0.29, 0.717) is 17.4 Å². The molecule has 1 fully saturated rings. The zero-order valence-electron chi connectivity index (χ0n) is 15.0. The molecule has 0 spiro atoms. The van der Waals surface area contributed by atoms with Gasteiger partial charge < -0.3 is 4.42 Å². The lowest BCUT2D eigenvalue weighted by molar-refractivity contribution is 0.0802. The van der Waals surface area contributed by atoms with Crippen molar-refractivity contribution < 1.29 is 9.21 Å². The van der Waals surface area contributed by atoms with Crippen LogP contribution in [0.4, 0.5) is 0 Å². The number of hydrogen-bond donors (Lipinski definition) is 0. The number of aromatic nitrogens is 2. The molecule has 3 aromatic rings. The third-order valence-corrected chi connectivity index (χ3v) is 5.27. The molecule has 0 saturated carbocycles. The number of hydrogen-bond acceptors (Lipinski definition) is 5. The van der Waals surface area contributed by atoms with Crippen LogP contribution in [0.3, 0.4) is 0 Å². The lowest BCUT2D eigenvalue weighted by atomic mass is 9.89. The second kappa shape index (κ2) is 7.98. The molecule has 2 heterocycles. The Bertz CT molecular complexity index is 958. The fourth-order valence-electron chi connectivity index (χ4n) is 3.46. The Kier molecular flexibility index (Phi) is 5.27. The number of nitrogens with zero attached hydrogens (tertiary/aromatic N) is 3. The van der Waals surface area contributed by atoms with Gasteiger partial charge in [0.25, 0.3) is 4.84 Å². The largest absolute Gasteiger partial charge is 0.409 e. The molecule has 2 aromatic carbocycles. The normalized spacial score (nSPS) is 15.7. The maximum absolute atomic E-state index is 12.6. The highest BCUT2D eigenvalue weighted by atomic mass is 32.1. The molecule has 0 atom stereocenters. The number of benzene rings is 2.